The molecule has 0 N–H and O–H groups in total. The molecule has 0 unspecified atom stereocenters. The van der Waals surface area contributed by atoms with Gasteiger partial charge in [-0.2, -0.15) is 0 Å². The van der Waals surface area contributed by atoms with Crippen LogP contribution in [0.25, 0.3) is 5.69 Å². The number of aromatic nitrogens is 3. The first-order valence-corrected chi connectivity index (χ1v) is 6.86. The summed E-state index contributed by atoms with van der Waals surface area (Å²) in [4.78, 5) is 13.8. The first kappa shape index (κ1) is 14.2. The molecule has 0 atom stereocenters. The Morgan fingerprint density at radius 3 is 2.65 bits per heavy atom. The maximum atomic E-state index is 12.2. The van der Waals surface area contributed by atoms with Crippen molar-refractivity contribution in [3.63, 3.8) is 0 Å². The zero-order valence-electron chi connectivity index (χ0n) is 12.2. The van der Waals surface area contributed by atoms with E-state index >= 15 is 0 Å². The molecule has 0 spiro atoms. The van der Waals surface area contributed by atoms with E-state index in [4.69, 9.17) is 0 Å². The van der Waals surface area contributed by atoms with Gasteiger partial charge in [-0.25, -0.2) is 4.68 Å². The molecule has 1 amide bonds. The standard InChI is InChI=1S/C15H20N4O/c1-4-5-10-18(3)15(20)14-11-19(17-16-14)13-8-6-12(2)7-9-13/h6-9,11H,4-5,10H2,1-3H3. The van der Waals surface area contributed by atoms with Gasteiger partial charge in [0.05, 0.1) is 11.9 Å². The fourth-order valence-electron chi connectivity index (χ4n) is 1.88. The van der Waals surface area contributed by atoms with E-state index in [-0.39, 0.29) is 5.91 Å². The number of hydrogen-bond donors (Lipinski definition) is 0. The van der Waals surface area contributed by atoms with Crippen LogP contribution < -0.4 is 0 Å². The maximum Gasteiger partial charge on any atom is 0.275 e. The molecule has 0 saturated carbocycles. The molecule has 0 fully saturated rings. The van der Waals surface area contributed by atoms with Crippen molar-refractivity contribution in [2.75, 3.05) is 13.6 Å². The van der Waals surface area contributed by atoms with E-state index in [1.165, 1.54) is 5.56 Å². The SMILES string of the molecule is CCCCN(C)C(=O)c1cn(-c2ccc(C)cc2)nn1. The number of nitrogens with zero attached hydrogens (tertiary/aromatic N) is 4. The highest BCUT2D eigenvalue weighted by molar-refractivity contribution is 5.91. The van der Waals surface area contributed by atoms with Gasteiger partial charge in [0.1, 0.15) is 0 Å². The number of benzene rings is 1. The molecule has 0 radical (unpaired) electrons. The molecule has 0 bridgehead atoms. The Morgan fingerprint density at radius 2 is 2.00 bits per heavy atom. The largest absolute Gasteiger partial charge is 0.340 e. The van der Waals surface area contributed by atoms with Gasteiger partial charge in [0.15, 0.2) is 5.69 Å². The second kappa shape index (κ2) is 6.32. The van der Waals surface area contributed by atoms with Gasteiger partial charge in [0.25, 0.3) is 5.91 Å². The molecule has 106 valence electrons. The van der Waals surface area contributed by atoms with Gasteiger partial charge in [0, 0.05) is 13.6 Å². The molecule has 5 nitrogen and oxygen atoms in total. The highest BCUT2D eigenvalue weighted by Gasteiger charge is 2.15. The zero-order valence-corrected chi connectivity index (χ0v) is 12.2. The Kier molecular flexibility index (Phi) is 4.50. The third-order valence-electron chi connectivity index (χ3n) is 3.20. The van der Waals surface area contributed by atoms with Crippen LogP contribution in [0.15, 0.2) is 30.5 Å². The second-order valence-electron chi connectivity index (χ2n) is 4.96. The van der Waals surface area contributed by atoms with Crippen LogP contribution >= 0.6 is 0 Å². The number of carbonyl (C=O) groups excluding carboxylic acids is 1. The third kappa shape index (κ3) is 3.23. The van der Waals surface area contributed by atoms with Crippen LogP contribution in [0.4, 0.5) is 0 Å². The van der Waals surface area contributed by atoms with Gasteiger partial charge in [-0.05, 0) is 25.5 Å². The Hall–Kier alpha value is -2.17. The molecule has 2 aromatic rings. The van der Waals surface area contributed by atoms with Crippen molar-refractivity contribution in [3.8, 4) is 5.69 Å². The molecule has 5 heteroatoms. The lowest BCUT2D eigenvalue weighted by Gasteiger charge is -2.14. The van der Waals surface area contributed by atoms with E-state index in [0.717, 1.165) is 25.1 Å². The molecule has 1 aromatic heterocycles. The van der Waals surface area contributed by atoms with E-state index in [2.05, 4.69) is 17.2 Å². The van der Waals surface area contributed by atoms with E-state index in [9.17, 15) is 4.79 Å². The van der Waals surface area contributed by atoms with Crippen molar-refractivity contribution in [2.24, 2.45) is 0 Å². The fourth-order valence-corrected chi connectivity index (χ4v) is 1.88. The van der Waals surface area contributed by atoms with Gasteiger partial charge < -0.3 is 4.90 Å². The Balaban J connectivity index is 2.12. The average Bonchev–Trinajstić information content (AvgIpc) is 2.94. The topological polar surface area (TPSA) is 51.0 Å². The van der Waals surface area contributed by atoms with E-state index < -0.39 is 0 Å². The van der Waals surface area contributed by atoms with Crippen LogP contribution in [0.2, 0.25) is 0 Å². The Labute approximate surface area is 119 Å². The summed E-state index contributed by atoms with van der Waals surface area (Å²) in [5, 5.41) is 7.98. The summed E-state index contributed by atoms with van der Waals surface area (Å²) in [6, 6.07) is 7.93. The summed E-state index contributed by atoms with van der Waals surface area (Å²) in [6.07, 6.45) is 3.73. The minimum atomic E-state index is -0.0863. The molecular formula is C15H20N4O. The van der Waals surface area contributed by atoms with Crippen LogP contribution in [0.3, 0.4) is 0 Å². The predicted octanol–water partition coefficient (Wildman–Crippen LogP) is 2.45. The van der Waals surface area contributed by atoms with E-state index in [0.29, 0.717) is 5.69 Å². The van der Waals surface area contributed by atoms with Gasteiger partial charge in [-0.15, -0.1) is 5.10 Å². The maximum absolute atomic E-state index is 12.2. The molecule has 0 aliphatic rings. The summed E-state index contributed by atoms with van der Waals surface area (Å²) in [7, 11) is 1.79. The van der Waals surface area contributed by atoms with Crippen LogP contribution in [0.5, 0.6) is 0 Å². The molecule has 0 aliphatic carbocycles. The molecular weight excluding hydrogens is 252 g/mol. The first-order chi connectivity index (χ1) is 9.61. The van der Waals surface area contributed by atoms with Gasteiger partial charge in [0.2, 0.25) is 0 Å². The van der Waals surface area contributed by atoms with Crippen LogP contribution in [0.1, 0.15) is 35.8 Å². The summed E-state index contributed by atoms with van der Waals surface area (Å²) in [6.45, 7) is 4.88. The summed E-state index contributed by atoms with van der Waals surface area (Å²) in [5.41, 5.74) is 2.46. The van der Waals surface area contributed by atoms with Gasteiger partial charge in [-0.1, -0.05) is 36.3 Å². The van der Waals surface area contributed by atoms with E-state index in [1.54, 1.807) is 22.8 Å². The Morgan fingerprint density at radius 1 is 1.30 bits per heavy atom. The number of carbonyl (C=O) groups is 1. The Bertz CT molecular complexity index is 574. The lowest BCUT2D eigenvalue weighted by atomic mass is 10.2. The molecule has 20 heavy (non-hydrogen) atoms. The smallest absolute Gasteiger partial charge is 0.275 e. The zero-order chi connectivity index (χ0) is 14.5. The van der Waals surface area contributed by atoms with Gasteiger partial charge in [-0.3, -0.25) is 4.79 Å². The number of rotatable bonds is 5. The average molecular weight is 272 g/mol. The minimum absolute atomic E-state index is 0.0863. The normalized spacial score (nSPS) is 10.6. The lowest BCUT2D eigenvalue weighted by molar-refractivity contribution is 0.0787. The summed E-state index contributed by atoms with van der Waals surface area (Å²) in [5.74, 6) is -0.0863. The minimum Gasteiger partial charge on any atom is -0.340 e. The van der Waals surface area contributed by atoms with Crippen LogP contribution in [0, 0.1) is 6.92 Å². The molecule has 2 rings (SSSR count). The van der Waals surface area contributed by atoms with Crippen LogP contribution in [-0.4, -0.2) is 39.4 Å². The molecule has 0 aliphatic heterocycles. The lowest BCUT2D eigenvalue weighted by Crippen LogP contribution is -2.27. The van der Waals surface area contributed by atoms with Crippen molar-refractivity contribution in [1.82, 2.24) is 19.9 Å². The highest BCUT2D eigenvalue weighted by Crippen LogP contribution is 2.09. The number of unbranched alkanes of at least 4 members (excludes halogenated alkanes) is 1. The number of amides is 1. The van der Waals surface area contributed by atoms with Crippen molar-refractivity contribution in [2.45, 2.75) is 26.7 Å². The number of hydrogen-bond acceptors (Lipinski definition) is 3. The summed E-state index contributed by atoms with van der Waals surface area (Å²) < 4.78 is 1.63. The molecule has 1 aromatic carbocycles. The van der Waals surface area contributed by atoms with Crippen molar-refractivity contribution < 1.29 is 4.79 Å². The predicted molar refractivity (Wildman–Crippen MR) is 78.0 cm³/mol. The monoisotopic (exact) mass is 272 g/mol. The first-order valence-electron chi connectivity index (χ1n) is 6.86. The van der Waals surface area contributed by atoms with Crippen molar-refractivity contribution in [3.05, 3.63) is 41.7 Å². The van der Waals surface area contributed by atoms with Crippen molar-refractivity contribution >= 4 is 5.91 Å². The highest BCUT2D eigenvalue weighted by atomic mass is 16.2. The molecule has 0 saturated heterocycles. The van der Waals surface area contributed by atoms with Gasteiger partial charge >= 0.3 is 0 Å². The van der Waals surface area contributed by atoms with Crippen molar-refractivity contribution in [1.29, 1.82) is 0 Å². The van der Waals surface area contributed by atoms with Crippen LogP contribution in [-0.2, 0) is 0 Å². The third-order valence-corrected chi connectivity index (χ3v) is 3.20. The quantitative estimate of drug-likeness (QED) is 0.840. The fraction of sp³-hybridized carbons (Fsp3) is 0.400. The number of aryl methyl sites for hydroxylation is 1. The summed E-state index contributed by atoms with van der Waals surface area (Å²) >= 11 is 0. The van der Waals surface area contributed by atoms with E-state index in [1.807, 2.05) is 31.2 Å². The molecule has 1 heterocycles. The second-order valence-corrected chi connectivity index (χ2v) is 4.96.